The van der Waals surface area contributed by atoms with Crippen molar-refractivity contribution in [2.45, 2.75) is 33.2 Å². The van der Waals surface area contributed by atoms with Gasteiger partial charge in [-0.25, -0.2) is 0 Å². The van der Waals surface area contributed by atoms with Gasteiger partial charge in [0.15, 0.2) is 0 Å². The first-order valence-corrected chi connectivity index (χ1v) is 7.00. The Morgan fingerprint density at radius 1 is 1.10 bits per heavy atom. The Balaban J connectivity index is 2.13. The molecule has 5 nitrogen and oxygen atoms in total. The fourth-order valence-electron chi connectivity index (χ4n) is 2.13. The zero-order valence-corrected chi connectivity index (χ0v) is 12.6. The Morgan fingerprint density at radius 2 is 1.75 bits per heavy atom. The van der Waals surface area contributed by atoms with E-state index < -0.39 is 0 Å². The van der Waals surface area contributed by atoms with E-state index in [0.717, 1.165) is 12.8 Å². The number of rotatable bonds is 6. The van der Waals surface area contributed by atoms with Crippen LogP contribution in [0.2, 0.25) is 0 Å². The summed E-state index contributed by atoms with van der Waals surface area (Å²) in [6, 6.07) is 6.95. The monoisotopic (exact) mass is 274 g/mol. The average Bonchev–Trinajstić information content (AvgIpc) is 2.93. The first kappa shape index (κ1) is 14.4. The molecule has 5 heteroatoms. The maximum Gasteiger partial charge on any atom is 0.317 e. The van der Waals surface area contributed by atoms with Gasteiger partial charge in [0.05, 0.1) is 6.54 Å². The molecule has 20 heavy (non-hydrogen) atoms. The number of hydrogen-bond donors (Lipinski definition) is 1. The number of aromatic nitrogens is 2. The Bertz CT molecular complexity index is 541. The third kappa shape index (κ3) is 3.10. The summed E-state index contributed by atoms with van der Waals surface area (Å²) >= 11 is 0. The smallest absolute Gasteiger partial charge is 0.317 e. The summed E-state index contributed by atoms with van der Waals surface area (Å²) in [7, 11) is 3.76. The van der Waals surface area contributed by atoms with Crippen molar-refractivity contribution < 1.29 is 4.42 Å². The molecule has 0 unspecified atom stereocenters. The van der Waals surface area contributed by atoms with Gasteiger partial charge in [-0.15, -0.1) is 5.10 Å². The van der Waals surface area contributed by atoms with E-state index >= 15 is 0 Å². The molecule has 0 aliphatic rings. The fraction of sp³-hybridized carbons (Fsp3) is 0.467. The van der Waals surface area contributed by atoms with Crippen molar-refractivity contribution in [3.63, 3.8) is 0 Å². The molecule has 108 valence electrons. The van der Waals surface area contributed by atoms with Crippen LogP contribution in [0.25, 0.3) is 0 Å². The van der Waals surface area contributed by atoms with Crippen LogP contribution >= 0.6 is 0 Å². The molecule has 2 aromatic rings. The second-order valence-corrected chi connectivity index (χ2v) is 4.88. The van der Waals surface area contributed by atoms with Crippen molar-refractivity contribution >= 4 is 11.7 Å². The van der Waals surface area contributed by atoms with E-state index in [4.69, 9.17) is 4.42 Å². The topological polar surface area (TPSA) is 54.2 Å². The Morgan fingerprint density at radius 3 is 2.25 bits per heavy atom. The van der Waals surface area contributed by atoms with Crippen molar-refractivity contribution in [2.24, 2.45) is 0 Å². The Kier molecular flexibility index (Phi) is 4.61. The molecular formula is C15H22N4O. The molecule has 0 saturated heterocycles. The van der Waals surface area contributed by atoms with Crippen LogP contribution in [0.1, 0.15) is 30.9 Å². The van der Waals surface area contributed by atoms with Gasteiger partial charge in [-0.2, -0.15) is 0 Å². The molecule has 0 spiro atoms. The summed E-state index contributed by atoms with van der Waals surface area (Å²) in [6.07, 6.45) is 2.01. The van der Waals surface area contributed by atoms with Gasteiger partial charge in [0.1, 0.15) is 0 Å². The molecule has 0 amide bonds. The van der Waals surface area contributed by atoms with Gasteiger partial charge in [-0.1, -0.05) is 37.1 Å². The number of anilines is 2. The van der Waals surface area contributed by atoms with Crippen LogP contribution in [0.5, 0.6) is 0 Å². The molecular weight excluding hydrogens is 252 g/mol. The number of aryl methyl sites for hydroxylation is 2. The average molecular weight is 274 g/mol. The van der Waals surface area contributed by atoms with Crippen LogP contribution in [0.4, 0.5) is 11.7 Å². The highest BCUT2D eigenvalue weighted by Gasteiger charge is 2.10. The summed E-state index contributed by atoms with van der Waals surface area (Å²) < 4.78 is 5.56. The molecule has 0 aliphatic carbocycles. The zero-order chi connectivity index (χ0) is 14.5. The highest BCUT2D eigenvalue weighted by molar-refractivity contribution is 5.57. The number of nitrogens with zero attached hydrogens (tertiary/aromatic N) is 3. The van der Waals surface area contributed by atoms with Gasteiger partial charge in [-0.05, 0) is 24.0 Å². The van der Waals surface area contributed by atoms with Gasteiger partial charge in [0.2, 0.25) is 5.89 Å². The third-order valence-corrected chi connectivity index (χ3v) is 3.25. The lowest BCUT2D eigenvalue weighted by atomic mass is 10.0. The lowest BCUT2D eigenvalue weighted by Crippen LogP contribution is -2.08. The fourth-order valence-corrected chi connectivity index (χ4v) is 2.13. The van der Waals surface area contributed by atoms with E-state index in [1.807, 2.05) is 14.1 Å². The van der Waals surface area contributed by atoms with Crippen LogP contribution in [-0.2, 0) is 19.4 Å². The van der Waals surface area contributed by atoms with Gasteiger partial charge >= 0.3 is 6.01 Å². The quantitative estimate of drug-likeness (QED) is 0.877. The number of benzene rings is 1. The largest absolute Gasteiger partial charge is 0.406 e. The van der Waals surface area contributed by atoms with E-state index in [1.54, 1.807) is 4.90 Å². The van der Waals surface area contributed by atoms with Crippen LogP contribution in [0, 0.1) is 0 Å². The van der Waals surface area contributed by atoms with Crippen molar-refractivity contribution in [2.75, 3.05) is 24.3 Å². The molecule has 2 rings (SSSR count). The molecule has 0 fully saturated rings. The summed E-state index contributed by atoms with van der Waals surface area (Å²) in [5.74, 6) is 0.599. The molecule has 0 atom stereocenters. The lowest BCUT2D eigenvalue weighted by molar-refractivity contribution is 0.503. The molecule has 1 aromatic carbocycles. The molecule has 0 bridgehead atoms. The lowest BCUT2D eigenvalue weighted by Gasteiger charge is -2.14. The number of para-hydroxylation sites is 1. The SMILES string of the molecule is CCc1cccc(CC)c1NCc1nnc(N(C)C)o1. The van der Waals surface area contributed by atoms with Crippen molar-refractivity contribution in [1.82, 2.24) is 10.2 Å². The maximum atomic E-state index is 5.56. The summed E-state index contributed by atoms with van der Waals surface area (Å²) in [6.45, 7) is 4.87. The first-order valence-electron chi connectivity index (χ1n) is 7.00. The number of nitrogens with one attached hydrogen (secondary N) is 1. The van der Waals surface area contributed by atoms with E-state index in [-0.39, 0.29) is 0 Å². The normalized spacial score (nSPS) is 10.6. The van der Waals surface area contributed by atoms with Gasteiger partial charge in [-0.3, -0.25) is 0 Å². The van der Waals surface area contributed by atoms with E-state index in [0.29, 0.717) is 18.5 Å². The van der Waals surface area contributed by atoms with Crippen molar-refractivity contribution in [3.05, 3.63) is 35.2 Å². The van der Waals surface area contributed by atoms with Crippen LogP contribution < -0.4 is 10.2 Å². The van der Waals surface area contributed by atoms with Crippen LogP contribution in [0.3, 0.4) is 0 Å². The molecule has 1 heterocycles. The highest BCUT2D eigenvalue weighted by atomic mass is 16.4. The summed E-state index contributed by atoms with van der Waals surface area (Å²) in [5.41, 5.74) is 3.83. The predicted octanol–water partition coefficient (Wildman–Crippen LogP) is 2.87. The maximum absolute atomic E-state index is 5.56. The van der Waals surface area contributed by atoms with Gasteiger partial charge in [0, 0.05) is 19.8 Å². The zero-order valence-electron chi connectivity index (χ0n) is 12.6. The second-order valence-electron chi connectivity index (χ2n) is 4.88. The third-order valence-electron chi connectivity index (χ3n) is 3.25. The van der Waals surface area contributed by atoms with Gasteiger partial charge < -0.3 is 14.6 Å². The minimum Gasteiger partial charge on any atom is -0.406 e. The summed E-state index contributed by atoms with van der Waals surface area (Å²) in [4.78, 5) is 1.80. The second kappa shape index (κ2) is 6.41. The Labute approximate surface area is 120 Å². The molecule has 1 aromatic heterocycles. The van der Waals surface area contributed by atoms with Crippen molar-refractivity contribution in [1.29, 1.82) is 0 Å². The predicted molar refractivity (Wildman–Crippen MR) is 81.1 cm³/mol. The molecule has 1 N–H and O–H groups in total. The van der Waals surface area contributed by atoms with Gasteiger partial charge in [0.25, 0.3) is 0 Å². The summed E-state index contributed by atoms with van der Waals surface area (Å²) in [5, 5.41) is 11.5. The van der Waals surface area contributed by atoms with Crippen LogP contribution in [0.15, 0.2) is 22.6 Å². The Hall–Kier alpha value is -2.04. The molecule has 0 radical (unpaired) electrons. The first-order chi connectivity index (χ1) is 9.65. The van der Waals surface area contributed by atoms with E-state index in [9.17, 15) is 0 Å². The highest BCUT2D eigenvalue weighted by Crippen LogP contribution is 2.23. The van der Waals surface area contributed by atoms with Crippen molar-refractivity contribution in [3.8, 4) is 0 Å². The van der Waals surface area contributed by atoms with Crippen LogP contribution in [-0.4, -0.2) is 24.3 Å². The standard InChI is InChI=1S/C15H22N4O/c1-5-11-8-7-9-12(6-2)14(11)16-10-13-17-18-15(20-13)19(3)4/h7-9,16H,5-6,10H2,1-4H3. The van der Waals surface area contributed by atoms with E-state index in [1.165, 1.54) is 16.8 Å². The molecule has 0 aliphatic heterocycles. The minimum absolute atomic E-state index is 0.529. The molecule has 0 saturated carbocycles. The number of hydrogen-bond acceptors (Lipinski definition) is 5. The minimum atomic E-state index is 0.529. The van der Waals surface area contributed by atoms with E-state index in [2.05, 4.69) is 47.6 Å².